The monoisotopic (exact) mass is 336 g/mol. The highest BCUT2D eigenvalue weighted by atomic mass is 79.9. The molecule has 1 aromatic heterocycles. The first-order valence-electron chi connectivity index (χ1n) is 5.93. The zero-order chi connectivity index (χ0) is 14.4. The van der Waals surface area contributed by atoms with Gasteiger partial charge in [-0.1, -0.05) is 22.0 Å². The number of nitrogens with one attached hydrogen (secondary N) is 3. The van der Waals surface area contributed by atoms with E-state index in [4.69, 9.17) is 0 Å². The van der Waals surface area contributed by atoms with Gasteiger partial charge in [0.1, 0.15) is 0 Å². The molecule has 6 nitrogen and oxygen atoms in total. The second-order valence-electron chi connectivity index (χ2n) is 4.08. The third-order valence-corrected chi connectivity index (χ3v) is 3.03. The van der Waals surface area contributed by atoms with Crippen LogP contribution in [0.1, 0.15) is 15.9 Å². The van der Waals surface area contributed by atoms with Gasteiger partial charge in [0.15, 0.2) is 0 Å². The van der Waals surface area contributed by atoms with Crippen molar-refractivity contribution < 1.29 is 9.59 Å². The van der Waals surface area contributed by atoms with Gasteiger partial charge in [-0.2, -0.15) is 5.10 Å². The van der Waals surface area contributed by atoms with Gasteiger partial charge >= 0.3 is 0 Å². The molecule has 20 heavy (non-hydrogen) atoms. The lowest BCUT2D eigenvalue weighted by Crippen LogP contribution is -2.36. The number of benzene rings is 1. The number of carbonyl (C=O) groups is 2. The van der Waals surface area contributed by atoms with E-state index in [1.54, 1.807) is 30.6 Å². The van der Waals surface area contributed by atoms with Crippen molar-refractivity contribution in [3.8, 4) is 0 Å². The van der Waals surface area contributed by atoms with Gasteiger partial charge < -0.3 is 10.6 Å². The van der Waals surface area contributed by atoms with Gasteiger partial charge in [-0.05, 0) is 18.2 Å². The molecule has 3 N–H and O–H groups in total. The third kappa shape index (κ3) is 4.20. The molecule has 0 aliphatic carbocycles. The first-order valence-corrected chi connectivity index (χ1v) is 6.72. The summed E-state index contributed by atoms with van der Waals surface area (Å²) in [6.07, 6.45) is 3.32. The first kappa shape index (κ1) is 14.3. The molecule has 2 amide bonds. The molecular weight excluding hydrogens is 324 g/mol. The number of H-pyrrole nitrogens is 1. The van der Waals surface area contributed by atoms with Gasteiger partial charge in [-0.3, -0.25) is 14.7 Å². The van der Waals surface area contributed by atoms with Gasteiger partial charge in [0, 0.05) is 28.3 Å². The van der Waals surface area contributed by atoms with Crippen molar-refractivity contribution in [1.82, 2.24) is 20.8 Å². The number of amides is 2. The van der Waals surface area contributed by atoms with Crippen LogP contribution in [0.25, 0.3) is 0 Å². The molecule has 1 aromatic carbocycles. The lowest BCUT2D eigenvalue weighted by Gasteiger charge is -2.06. The highest BCUT2D eigenvalue weighted by Gasteiger charge is 2.08. The minimum Gasteiger partial charge on any atom is -0.350 e. The molecular formula is C13H13BrN4O2. The predicted octanol–water partition coefficient (Wildman–Crippen LogP) is 1.22. The van der Waals surface area contributed by atoms with Crippen molar-refractivity contribution >= 4 is 27.7 Å². The van der Waals surface area contributed by atoms with Crippen LogP contribution >= 0.6 is 15.9 Å². The largest absolute Gasteiger partial charge is 0.350 e. The number of rotatable bonds is 5. The maximum absolute atomic E-state index is 11.8. The zero-order valence-corrected chi connectivity index (χ0v) is 12.1. The second-order valence-corrected chi connectivity index (χ2v) is 4.99. The van der Waals surface area contributed by atoms with E-state index in [0.29, 0.717) is 12.1 Å². The summed E-state index contributed by atoms with van der Waals surface area (Å²) in [6.45, 7) is 0.311. The van der Waals surface area contributed by atoms with Crippen molar-refractivity contribution in [2.45, 2.75) is 6.54 Å². The maximum Gasteiger partial charge on any atom is 0.251 e. The van der Waals surface area contributed by atoms with Crippen molar-refractivity contribution in [2.75, 3.05) is 6.54 Å². The molecule has 0 spiro atoms. The summed E-state index contributed by atoms with van der Waals surface area (Å²) in [5, 5.41) is 11.7. The van der Waals surface area contributed by atoms with Crippen molar-refractivity contribution in [3.05, 3.63) is 52.3 Å². The molecule has 0 unspecified atom stereocenters. The van der Waals surface area contributed by atoms with Crippen LogP contribution in [0.3, 0.4) is 0 Å². The van der Waals surface area contributed by atoms with E-state index in [1.165, 1.54) is 0 Å². The van der Waals surface area contributed by atoms with E-state index in [2.05, 4.69) is 36.8 Å². The first-order chi connectivity index (χ1) is 9.65. The second kappa shape index (κ2) is 6.85. The number of aromatic nitrogens is 2. The van der Waals surface area contributed by atoms with Crippen LogP contribution in [0.5, 0.6) is 0 Å². The molecule has 0 atom stereocenters. The summed E-state index contributed by atoms with van der Waals surface area (Å²) in [6, 6.07) is 6.97. The fourth-order valence-electron chi connectivity index (χ4n) is 1.53. The molecule has 0 radical (unpaired) electrons. The van der Waals surface area contributed by atoms with Crippen LogP contribution in [-0.2, 0) is 11.3 Å². The fraction of sp³-hybridized carbons (Fsp3) is 0.154. The van der Waals surface area contributed by atoms with Crippen LogP contribution in [0.15, 0.2) is 41.1 Å². The van der Waals surface area contributed by atoms with E-state index in [9.17, 15) is 9.59 Å². The molecule has 7 heteroatoms. The van der Waals surface area contributed by atoms with Crippen LogP contribution in [-0.4, -0.2) is 28.6 Å². The quantitative estimate of drug-likeness (QED) is 0.767. The number of halogens is 1. The summed E-state index contributed by atoms with van der Waals surface area (Å²) in [5.41, 5.74) is 1.37. The molecule has 2 rings (SSSR count). The Balaban J connectivity index is 1.77. The van der Waals surface area contributed by atoms with Crippen molar-refractivity contribution in [3.63, 3.8) is 0 Å². The highest BCUT2D eigenvalue weighted by molar-refractivity contribution is 9.10. The Hall–Kier alpha value is -2.15. The van der Waals surface area contributed by atoms with Gasteiger partial charge in [-0.25, -0.2) is 0 Å². The van der Waals surface area contributed by atoms with E-state index < -0.39 is 0 Å². The standard InChI is InChI=1S/C13H13BrN4O2/c14-11-3-1-2-10(4-11)13(20)16-8-12(19)15-5-9-6-17-18-7-9/h1-4,6-7H,5,8H2,(H,15,19)(H,16,20)(H,17,18). The van der Waals surface area contributed by atoms with E-state index in [1.807, 2.05) is 6.07 Å². The van der Waals surface area contributed by atoms with Crippen molar-refractivity contribution in [2.24, 2.45) is 0 Å². The zero-order valence-electron chi connectivity index (χ0n) is 10.5. The molecule has 0 saturated heterocycles. The number of nitrogens with zero attached hydrogens (tertiary/aromatic N) is 1. The Morgan fingerprint density at radius 1 is 1.30 bits per heavy atom. The average molecular weight is 337 g/mol. The van der Waals surface area contributed by atoms with Crippen LogP contribution in [0.2, 0.25) is 0 Å². The average Bonchev–Trinajstić information content (AvgIpc) is 2.95. The Labute approximate surface area is 124 Å². The summed E-state index contributed by atoms with van der Waals surface area (Å²) in [4.78, 5) is 23.4. The van der Waals surface area contributed by atoms with Crippen LogP contribution < -0.4 is 10.6 Å². The maximum atomic E-state index is 11.8. The molecule has 0 aliphatic heterocycles. The molecule has 2 aromatic rings. The Bertz CT molecular complexity index is 598. The Morgan fingerprint density at radius 2 is 2.15 bits per heavy atom. The predicted molar refractivity (Wildman–Crippen MR) is 76.9 cm³/mol. The van der Waals surface area contributed by atoms with Crippen LogP contribution in [0, 0.1) is 0 Å². The summed E-state index contributed by atoms with van der Waals surface area (Å²) < 4.78 is 0.814. The topological polar surface area (TPSA) is 86.9 Å². The van der Waals surface area contributed by atoms with Gasteiger partial charge in [0.2, 0.25) is 5.91 Å². The Kier molecular flexibility index (Phi) is 4.89. The van der Waals surface area contributed by atoms with E-state index in [0.717, 1.165) is 10.0 Å². The van der Waals surface area contributed by atoms with Gasteiger partial charge in [-0.15, -0.1) is 0 Å². The van der Waals surface area contributed by atoms with Crippen LogP contribution in [0.4, 0.5) is 0 Å². The van der Waals surface area contributed by atoms with Crippen molar-refractivity contribution in [1.29, 1.82) is 0 Å². The van der Waals surface area contributed by atoms with E-state index in [-0.39, 0.29) is 18.4 Å². The third-order valence-electron chi connectivity index (χ3n) is 2.54. The molecule has 0 fully saturated rings. The number of hydrogen-bond donors (Lipinski definition) is 3. The lowest BCUT2D eigenvalue weighted by molar-refractivity contribution is -0.120. The number of aromatic amines is 1. The molecule has 0 saturated carbocycles. The number of carbonyl (C=O) groups excluding carboxylic acids is 2. The minimum atomic E-state index is -0.287. The summed E-state index contributed by atoms with van der Waals surface area (Å²) >= 11 is 3.29. The lowest BCUT2D eigenvalue weighted by atomic mass is 10.2. The molecule has 1 heterocycles. The minimum absolute atomic E-state index is 0.0663. The number of hydrogen-bond acceptors (Lipinski definition) is 3. The summed E-state index contributed by atoms with van der Waals surface area (Å²) in [5.74, 6) is -0.542. The SMILES string of the molecule is O=C(CNC(=O)c1cccc(Br)c1)NCc1cn[nH]c1. The molecule has 104 valence electrons. The highest BCUT2D eigenvalue weighted by Crippen LogP contribution is 2.11. The molecule has 0 aliphatic rings. The van der Waals surface area contributed by atoms with E-state index >= 15 is 0 Å². The fourth-order valence-corrected chi connectivity index (χ4v) is 1.93. The Morgan fingerprint density at radius 3 is 2.85 bits per heavy atom. The smallest absolute Gasteiger partial charge is 0.251 e. The van der Waals surface area contributed by atoms with Gasteiger partial charge in [0.05, 0.1) is 12.7 Å². The summed E-state index contributed by atoms with van der Waals surface area (Å²) in [7, 11) is 0. The van der Waals surface area contributed by atoms with Gasteiger partial charge in [0.25, 0.3) is 5.91 Å². The molecule has 0 bridgehead atoms. The normalized spacial score (nSPS) is 10.1.